The van der Waals surface area contributed by atoms with Crippen LogP contribution in [0.3, 0.4) is 0 Å². The number of para-hydroxylation sites is 2. The van der Waals surface area contributed by atoms with Crippen LogP contribution in [0, 0.1) is 0 Å². The van der Waals surface area contributed by atoms with Crippen LogP contribution in [0.4, 0.5) is 19.0 Å². The van der Waals surface area contributed by atoms with Gasteiger partial charge in [0.05, 0.1) is 21.8 Å². The monoisotopic (exact) mass is 472 g/mol. The van der Waals surface area contributed by atoms with Crippen LogP contribution >= 0.6 is 11.8 Å². The van der Waals surface area contributed by atoms with E-state index in [1.807, 2.05) is 0 Å². The number of alkyl halides is 3. The van der Waals surface area contributed by atoms with Crippen molar-refractivity contribution in [3.63, 3.8) is 0 Å². The zero-order valence-corrected chi connectivity index (χ0v) is 18.2. The fraction of sp³-hybridized carbons (Fsp3) is 0.316. The number of ether oxygens (including phenoxy) is 1. The standard InChI is InChI=1S/C19H19F3N4O3S2/c1-3-10-31(27,28)26-17-18(25-14-7-5-4-6-13(14)24-17)29-16(19(20,21)22)12-8-9-15(30-2)23-11-12/h4-9,11,16H,3,10H2,1-2H3,(H,24,26). The summed E-state index contributed by atoms with van der Waals surface area (Å²) in [4.78, 5) is 12.2. The van der Waals surface area contributed by atoms with Gasteiger partial charge >= 0.3 is 6.18 Å². The van der Waals surface area contributed by atoms with Gasteiger partial charge in [-0.2, -0.15) is 13.2 Å². The number of anilines is 1. The largest absolute Gasteiger partial charge is 0.457 e. The highest BCUT2D eigenvalue weighted by molar-refractivity contribution is 7.98. The lowest BCUT2D eigenvalue weighted by molar-refractivity contribution is -0.198. The van der Waals surface area contributed by atoms with Crippen molar-refractivity contribution >= 4 is 38.6 Å². The molecule has 0 saturated carbocycles. The van der Waals surface area contributed by atoms with Crippen LogP contribution in [-0.4, -0.2) is 41.6 Å². The van der Waals surface area contributed by atoms with E-state index in [1.165, 1.54) is 30.0 Å². The van der Waals surface area contributed by atoms with Gasteiger partial charge in [-0.05, 0) is 30.9 Å². The Morgan fingerprint density at radius 3 is 2.35 bits per heavy atom. The lowest BCUT2D eigenvalue weighted by Crippen LogP contribution is -2.27. The molecule has 0 fully saturated rings. The SMILES string of the molecule is CCCS(=O)(=O)Nc1nc2ccccc2nc1OC(c1ccc(SC)nc1)C(F)(F)F. The molecule has 7 nitrogen and oxygen atoms in total. The predicted molar refractivity (Wildman–Crippen MR) is 113 cm³/mol. The van der Waals surface area contributed by atoms with Crippen LogP contribution in [0.2, 0.25) is 0 Å². The molecule has 166 valence electrons. The third kappa shape index (κ3) is 5.76. The van der Waals surface area contributed by atoms with Gasteiger partial charge in [0.15, 0.2) is 0 Å². The summed E-state index contributed by atoms with van der Waals surface area (Å²) in [6.07, 6.45) is -4.10. The summed E-state index contributed by atoms with van der Waals surface area (Å²) in [5.41, 5.74) is 0.314. The summed E-state index contributed by atoms with van der Waals surface area (Å²) < 4.78 is 73.4. The van der Waals surface area contributed by atoms with Crippen molar-refractivity contribution in [3.8, 4) is 5.88 Å². The van der Waals surface area contributed by atoms with Gasteiger partial charge in [-0.3, -0.25) is 4.72 Å². The molecule has 1 unspecified atom stereocenters. The van der Waals surface area contributed by atoms with E-state index in [1.54, 1.807) is 31.4 Å². The minimum atomic E-state index is -4.81. The average molecular weight is 473 g/mol. The van der Waals surface area contributed by atoms with Gasteiger partial charge in [0.1, 0.15) is 0 Å². The smallest absolute Gasteiger partial charge is 0.429 e. The molecular weight excluding hydrogens is 453 g/mol. The highest BCUT2D eigenvalue weighted by atomic mass is 32.2. The predicted octanol–water partition coefficient (Wildman–Crippen LogP) is 4.58. The molecule has 0 saturated heterocycles. The third-order valence-electron chi connectivity index (χ3n) is 4.06. The lowest BCUT2D eigenvalue weighted by Gasteiger charge is -2.22. The van der Waals surface area contributed by atoms with Gasteiger partial charge in [0, 0.05) is 11.8 Å². The van der Waals surface area contributed by atoms with E-state index in [4.69, 9.17) is 4.74 Å². The fourth-order valence-corrected chi connectivity index (χ4v) is 4.13. The molecule has 0 amide bonds. The Balaban J connectivity index is 2.07. The van der Waals surface area contributed by atoms with Crippen molar-refractivity contribution in [1.82, 2.24) is 15.0 Å². The second-order valence-electron chi connectivity index (χ2n) is 6.46. The number of nitrogens with one attached hydrogen (secondary N) is 1. The van der Waals surface area contributed by atoms with Crippen molar-refractivity contribution < 1.29 is 26.3 Å². The van der Waals surface area contributed by atoms with Crippen LogP contribution in [0.1, 0.15) is 25.0 Å². The Morgan fingerprint density at radius 2 is 1.81 bits per heavy atom. The summed E-state index contributed by atoms with van der Waals surface area (Å²) in [7, 11) is -3.85. The molecular formula is C19H19F3N4O3S2. The second-order valence-corrected chi connectivity index (χ2v) is 9.13. The van der Waals surface area contributed by atoms with Crippen LogP contribution in [-0.2, 0) is 10.0 Å². The van der Waals surface area contributed by atoms with Gasteiger partial charge in [0.2, 0.25) is 21.9 Å². The normalized spacial score (nSPS) is 13.2. The first kappa shape index (κ1) is 23.1. The topological polar surface area (TPSA) is 94.1 Å². The van der Waals surface area contributed by atoms with Crippen LogP contribution in [0.15, 0.2) is 47.6 Å². The average Bonchev–Trinajstić information content (AvgIpc) is 2.71. The van der Waals surface area contributed by atoms with Gasteiger partial charge in [0.25, 0.3) is 5.88 Å². The van der Waals surface area contributed by atoms with E-state index in [0.717, 1.165) is 6.20 Å². The number of rotatable bonds is 8. The molecule has 0 aliphatic rings. The number of hydrogen-bond donors (Lipinski definition) is 1. The summed E-state index contributed by atoms with van der Waals surface area (Å²) in [6, 6.07) is 9.09. The zero-order valence-electron chi connectivity index (χ0n) is 16.5. The number of aromatic nitrogens is 3. The van der Waals surface area contributed by atoms with Gasteiger partial charge < -0.3 is 4.74 Å². The van der Waals surface area contributed by atoms with E-state index >= 15 is 0 Å². The number of halogens is 3. The highest BCUT2D eigenvalue weighted by Gasteiger charge is 2.44. The Morgan fingerprint density at radius 1 is 1.13 bits per heavy atom. The van der Waals surface area contributed by atoms with Crippen molar-refractivity contribution in [2.45, 2.75) is 30.7 Å². The van der Waals surface area contributed by atoms with Crippen molar-refractivity contribution in [3.05, 3.63) is 48.2 Å². The molecule has 1 atom stereocenters. The molecule has 3 rings (SSSR count). The number of pyridine rings is 1. The maximum atomic E-state index is 13.8. The number of benzene rings is 1. The Bertz CT molecular complexity index is 1160. The first-order valence-corrected chi connectivity index (χ1v) is 12.0. The second kappa shape index (κ2) is 9.27. The minimum Gasteiger partial charge on any atom is -0.457 e. The fourth-order valence-electron chi connectivity index (χ4n) is 2.70. The lowest BCUT2D eigenvalue weighted by atomic mass is 10.1. The number of sulfonamides is 1. The van der Waals surface area contributed by atoms with Crippen LogP contribution in [0.25, 0.3) is 11.0 Å². The van der Waals surface area contributed by atoms with Crippen LogP contribution in [0.5, 0.6) is 5.88 Å². The van der Waals surface area contributed by atoms with Gasteiger partial charge in [-0.15, -0.1) is 11.8 Å². The molecule has 0 aliphatic carbocycles. The third-order valence-corrected chi connectivity index (χ3v) is 6.17. The van der Waals surface area contributed by atoms with Gasteiger partial charge in [-0.25, -0.2) is 23.4 Å². The molecule has 1 aromatic carbocycles. The number of hydrogen-bond acceptors (Lipinski definition) is 7. The molecule has 2 aromatic heterocycles. The Kier molecular flexibility index (Phi) is 6.90. The maximum Gasteiger partial charge on any atom is 0.429 e. The maximum absolute atomic E-state index is 13.8. The Labute approximate surface area is 181 Å². The zero-order chi connectivity index (χ0) is 22.6. The summed E-state index contributed by atoms with van der Waals surface area (Å²) >= 11 is 1.28. The molecule has 1 N–H and O–H groups in total. The number of thioether (sulfide) groups is 1. The van der Waals surface area contributed by atoms with E-state index < -0.39 is 34.0 Å². The quantitative estimate of drug-likeness (QED) is 0.480. The number of fused-ring (bicyclic) bond motifs is 1. The molecule has 12 heteroatoms. The minimum absolute atomic E-state index is 0.232. The van der Waals surface area contributed by atoms with Crippen molar-refractivity contribution in [2.24, 2.45) is 0 Å². The first-order valence-electron chi connectivity index (χ1n) is 9.13. The van der Waals surface area contributed by atoms with E-state index in [0.29, 0.717) is 17.0 Å². The van der Waals surface area contributed by atoms with Crippen LogP contribution < -0.4 is 9.46 Å². The highest BCUT2D eigenvalue weighted by Crippen LogP contribution is 2.38. The van der Waals surface area contributed by atoms with E-state index in [-0.39, 0.29) is 16.8 Å². The molecule has 2 heterocycles. The first-order chi connectivity index (χ1) is 14.6. The molecule has 0 bridgehead atoms. The van der Waals surface area contributed by atoms with Crippen molar-refractivity contribution in [2.75, 3.05) is 16.7 Å². The van der Waals surface area contributed by atoms with Gasteiger partial charge in [-0.1, -0.05) is 25.1 Å². The molecule has 3 aromatic rings. The summed E-state index contributed by atoms with van der Waals surface area (Å²) in [5.74, 6) is -1.21. The molecule has 31 heavy (non-hydrogen) atoms. The summed E-state index contributed by atoms with van der Waals surface area (Å²) in [6.45, 7) is 1.66. The number of nitrogens with zero attached hydrogens (tertiary/aromatic N) is 3. The van der Waals surface area contributed by atoms with E-state index in [2.05, 4.69) is 19.7 Å². The van der Waals surface area contributed by atoms with Crippen molar-refractivity contribution in [1.29, 1.82) is 0 Å². The Hall–Kier alpha value is -2.60. The molecule has 0 radical (unpaired) electrons. The molecule has 0 aliphatic heterocycles. The molecule has 0 spiro atoms. The summed E-state index contributed by atoms with van der Waals surface area (Å²) in [5, 5.41) is 0.545. The van der Waals surface area contributed by atoms with E-state index in [9.17, 15) is 21.6 Å².